The van der Waals surface area contributed by atoms with Crippen LogP contribution in [-0.2, 0) is 17.8 Å². The fourth-order valence-corrected chi connectivity index (χ4v) is 6.76. The summed E-state index contributed by atoms with van der Waals surface area (Å²) in [7, 11) is 1.62. The van der Waals surface area contributed by atoms with Gasteiger partial charge >= 0.3 is 0 Å². The number of imidazole rings is 1. The van der Waals surface area contributed by atoms with Crippen LogP contribution in [0.15, 0.2) is 48.5 Å². The Balaban J connectivity index is 1.19. The van der Waals surface area contributed by atoms with Crippen LogP contribution in [0.25, 0.3) is 11.0 Å². The molecule has 2 amide bonds. The van der Waals surface area contributed by atoms with Gasteiger partial charge in [-0.2, -0.15) is 0 Å². The molecule has 0 radical (unpaired) electrons. The van der Waals surface area contributed by atoms with E-state index in [1.165, 1.54) is 38.5 Å². The summed E-state index contributed by atoms with van der Waals surface area (Å²) in [5, 5.41) is 3.02. The molecule has 0 spiro atoms. The van der Waals surface area contributed by atoms with Gasteiger partial charge in [-0.05, 0) is 74.9 Å². The van der Waals surface area contributed by atoms with E-state index in [0.717, 1.165) is 74.0 Å². The molecule has 7 nitrogen and oxygen atoms in total. The molecular formula is C34H46N4O3. The van der Waals surface area contributed by atoms with Crippen LogP contribution in [-0.4, -0.2) is 52.0 Å². The number of nitrogens with one attached hydrogen (secondary N) is 1. The van der Waals surface area contributed by atoms with Crippen molar-refractivity contribution in [1.82, 2.24) is 19.8 Å². The molecule has 5 rings (SSSR count). The largest absolute Gasteiger partial charge is 0.497 e. The first-order chi connectivity index (χ1) is 20.1. The molecule has 220 valence electrons. The van der Waals surface area contributed by atoms with Gasteiger partial charge in [-0.15, -0.1) is 0 Å². The van der Waals surface area contributed by atoms with Gasteiger partial charge < -0.3 is 19.5 Å². The van der Waals surface area contributed by atoms with Crippen LogP contribution in [0.4, 0.5) is 0 Å². The Bertz CT molecular complexity index is 1250. The number of carbonyl (C=O) groups is 2. The van der Waals surface area contributed by atoms with Crippen LogP contribution in [0.5, 0.6) is 5.75 Å². The van der Waals surface area contributed by atoms with Gasteiger partial charge in [0.05, 0.1) is 18.1 Å². The van der Waals surface area contributed by atoms with E-state index in [4.69, 9.17) is 9.72 Å². The van der Waals surface area contributed by atoms with Gasteiger partial charge in [0.15, 0.2) is 0 Å². The van der Waals surface area contributed by atoms with Crippen molar-refractivity contribution >= 4 is 22.8 Å². The minimum Gasteiger partial charge on any atom is -0.497 e. The number of carbonyl (C=O) groups excluding carboxylic acids is 2. The Morgan fingerprint density at radius 1 is 0.878 bits per heavy atom. The minimum atomic E-state index is -0.0616. The number of para-hydroxylation sites is 2. The Labute approximate surface area is 244 Å². The standard InChI is InChI=1S/C34H46N4O3/c1-41-29-22-20-26(21-23-29)34(40)35-24-12-4-9-19-32-36-30-17-10-11-18-31(30)37(32)25-33(39)38(27-13-5-2-6-14-27)28-15-7-3-8-16-28/h10-11,17-18,20-23,27-28H,2-9,12-16,19,24-25H2,1H3,(H,35,40). The molecule has 2 aromatic carbocycles. The third kappa shape index (κ3) is 7.49. The quantitative estimate of drug-likeness (QED) is 0.252. The molecule has 7 heteroatoms. The lowest BCUT2D eigenvalue weighted by atomic mass is 9.88. The van der Waals surface area contributed by atoms with Crippen molar-refractivity contribution in [3.63, 3.8) is 0 Å². The van der Waals surface area contributed by atoms with Gasteiger partial charge in [-0.3, -0.25) is 9.59 Å². The summed E-state index contributed by atoms with van der Waals surface area (Å²) < 4.78 is 7.35. The third-order valence-electron chi connectivity index (χ3n) is 8.97. The molecule has 41 heavy (non-hydrogen) atoms. The summed E-state index contributed by atoms with van der Waals surface area (Å²) in [4.78, 5) is 33.8. The zero-order valence-electron chi connectivity index (χ0n) is 24.7. The van der Waals surface area contributed by atoms with E-state index < -0.39 is 0 Å². The van der Waals surface area contributed by atoms with E-state index in [1.54, 1.807) is 31.4 Å². The van der Waals surface area contributed by atoms with E-state index in [-0.39, 0.29) is 11.8 Å². The highest BCUT2D eigenvalue weighted by molar-refractivity contribution is 5.94. The van der Waals surface area contributed by atoms with Gasteiger partial charge in [-0.1, -0.05) is 57.1 Å². The number of hydrogen-bond acceptors (Lipinski definition) is 4. The number of hydrogen-bond donors (Lipinski definition) is 1. The van der Waals surface area contributed by atoms with Crippen LogP contribution >= 0.6 is 0 Å². The number of aryl methyl sites for hydroxylation is 1. The maximum Gasteiger partial charge on any atom is 0.251 e. The number of nitrogens with zero attached hydrogens (tertiary/aromatic N) is 3. The Hall–Kier alpha value is -3.35. The van der Waals surface area contributed by atoms with Crippen molar-refractivity contribution in [3.8, 4) is 5.75 Å². The summed E-state index contributed by atoms with van der Waals surface area (Å²) in [6.07, 6.45) is 15.8. The molecule has 2 saturated carbocycles. The normalized spacial score (nSPS) is 16.5. The maximum absolute atomic E-state index is 14.1. The highest BCUT2D eigenvalue weighted by atomic mass is 16.5. The fraction of sp³-hybridized carbons (Fsp3) is 0.559. The van der Waals surface area contributed by atoms with Gasteiger partial charge in [-0.25, -0.2) is 4.98 Å². The lowest BCUT2D eigenvalue weighted by Crippen LogP contribution is -2.50. The SMILES string of the molecule is COc1ccc(C(=O)NCCCCCc2nc3ccccc3n2CC(=O)N(C2CCCCC2)C2CCCCC2)cc1. The number of unbranched alkanes of at least 4 members (excludes halogenated alkanes) is 2. The Morgan fingerprint density at radius 3 is 2.20 bits per heavy atom. The zero-order chi connectivity index (χ0) is 28.4. The number of fused-ring (bicyclic) bond motifs is 1. The molecule has 3 aromatic rings. The molecule has 1 N–H and O–H groups in total. The Kier molecular flexibility index (Phi) is 10.3. The topological polar surface area (TPSA) is 76.5 Å². The van der Waals surface area contributed by atoms with Crippen molar-refractivity contribution in [1.29, 1.82) is 0 Å². The predicted octanol–water partition coefficient (Wildman–Crippen LogP) is 6.68. The fourth-order valence-electron chi connectivity index (χ4n) is 6.76. The van der Waals surface area contributed by atoms with E-state index in [9.17, 15) is 9.59 Å². The summed E-state index contributed by atoms with van der Waals surface area (Å²) in [6, 6.07) is 16.2. The predicted molar refractivity (Wildman–Crippen MR) is 163 cm³/mol. The number of benzene rings is 2. The molecule has 0 atom stereocenters. The van der Waals surface area contributed by atoms with Crippen molar-refractivity contribution < 1.29 is 14.3 Å². The molecule has 2 fully saturated rings. The lowest BCUT2D eigenvalue weighted by molar-refractivity contribution is -0.138. The summed E-state index contributed by atoms with van der Waals surface area (Å²) >= 11 is 0. The van der Waals surface area contributed by atoms with Crippen molar-refractivity contribution in [3.05, 3.63) is 59.9 Å². The summed E-state index contributed by atoms with van der Waals surface area (Å²) in [6.45, 7) is 1.01. The molecule has 2 aliphatic rings. The van der Waals surface area contributed by atoms with E-state index >= 15 is 0 Å². The van der Waals surface area contributed by atoms with E-state index in [0.29, 0.717) is 30.7 Å². The molecule has 2 aliphatic carbocycles. The van der Waals surface area contributed by atoms with E-state index in [2.05, 4.69) is 26.9 Å². The molecule has 1 aromatic heterocycles. The van der Waals surface area contributed by atoms with Crippen molar-refractivity contribution in [2.75, 3.05) is 13.7 Å². The first-order valence-electron chi connectivity index (χ1n) is 15.8. The molecule has 0 bridgehead atoms. The number of aromatic nitrogens is 2. The number of methoxy groups -OCH3 is 1. The van der Waals surface area contributed by atoms with Crippen LogP contribution < -0.4 is 10.1 Å². The maximum atomic E-state index is 14.1. The molecule has 1 heterocycles. The van der Waals surface area contributed by atoms with Gasteiger partial charge in [0.1, 0.15) is 18.1 Å². The highest BCUT2D eigenvalue weighted by Crippen LogP contribution is 2.31. The van der Waals surface area contributed by atoms with Crippen LogP contribution in [0.2, 0.25) is 0 Å². The molecule has 0 unspecified atom stereocenters. The average Bonchev–Trinajstić information content (AvgIpc) is 3.36. The molecular weight excluding hydrogens is 512 g/mol. The van der Waals surface area contributed by atoms with Crippen molar-refractivity contribution in [2.24, 2.45) is 0 Å². The lowest BCUT2D eigenvalue weighted by Gasteiger charge is -2.42. The second-order valence-corrected chi connectivity index (χ2v) is 11.8. The first kappa shape index (κ1) is 29.2. The average molecular weight is 559 g/mol. The van der Waals surface area contributed by atoms with E-state index in [1.807, 2.05) is 12.1 Å². The second kappa shape index (κ2) is 14.5. The zero-order valence-corrected chi connectivity index (χ0v) is 24.7. The first-order valence-corrected chi connectivity index (χ1v) is 15.8. The second-order valence-electron chi connectivity index (χ2n) is 11.8. The van der Waals surface area contributed by atoms with Crippen LogP contribution in [0, 0.1) is 0 Å². The third-order valence-corrected chi connectivity index (χ3v) is 8.97. The van der Waals surface area contributed by atoms with Gasteiger partial charge in [0.25, 0.3) is 5.91 Å². The number of rotatable bonds is 12. The highest BCUT2D eigenvalue weighted by Gasteiger charge is 2.33. The van der Waals surface area contributed by atoms with Gasteiger partial charge in [0.2, 0.25) is 5.91 Å². The van der Waals surface area contributed by atoms with Crippen LogP contribution in [0.1, 0.15) is 99.7 Å². The minimum absolute atomic E-state index is 0.0616. The molecule has 0 aliphatic heterocycles. The summed E-state index contributed by atoms with van der Waals surface area (Å²) in [5.74, 6) is 1.95. The van der Waals surface area contributed by atoms with Crippen LogP contribution in [0.3, 0.4) is 0 Å². The van der Waals surface area contributed by atoms with Crippen molar-refractivity contribution in [2.45, 2.75) is 109 Å². The smallest absolute Gasteiger partial charge is 0.251 e. The number of ether oxygens (including phenoxy) is 1. The van der Waals surface area contributed by atoms with Gasteiger partial charge in [0, 0.05) is 30.6 Å². The molecule has 0 saturated heterocycles. The summed E-state index contributed by atoms with van der Waals surface area (Å²) in [5.41, 5.74) is 2.65. The monoisotopic (exact) mass is 558 g/mol. The Morgan fingerprint density at radius 2 is 1.54 bits per heavy atom. The number of amides is 2.